The number of aliphatic imine (C=N–C) groups is 1. The molecule has 1 aromatic rings. The van der Waals surface area contributed by atoms with Gasteiger partial charge in [-0.3, -0.25) is 9.89 Å². The van der Waals surface area contributed by atoms with Crippen molar-refractivity contribution < 1.29 is 4.74 Å². The van der Waals surface area contributed by atoms with Gasteiger partial charge in [-0.05, 0) is 50.1 Å². The minimum absolute atomic E-state index is 0. The third-order valence-electron chi connectivity index (χ3n) is 4.99. The second-order valence-corrected chi connectivity index (χ2v) is 8.27. The Kier molecular flexibility index (Phi) is 9.66. The number of thiophene rings is 1. The molecule has 3 heterocycles. The molecular weight excluding hydrogens is 459 g/mol. The van der Waals surface area contributed by atoms with Gasteiger partial charge in [0.1, 0.15) is 0 Å². The molecule has 3 unspecified atom stereocenters. The molecule has 3 atom stereocenters. The van der Waals surface area contributed by atoms with Crippen molar-refractivity contribution in [2.24, 2.45) is 10.9 Å². The molecule has 0 radical (unpaired) electrons. The number of hydrogen-bond donors (Lipinski definition) is 2. The van der Waals surface area contributed by atoms with Crippen LogP contribution in [0.5, 0.6) is 0 Å². The summed E-state index contributed by atoms with van der Waals surface area (Å²) in [6.07, 6.45) is 3.98. The molecule has 0 amide bonds. The third kappa shape index (κ3) is 6.65. The highest BCUT2D eigenvalue weighted by atomic mass is 127. The summed E-state index contributed by atoms with van der Waals surface area (Å²) < 4.78 is 6.03. The number of rotatable bonds is 7. The van der Waals surface area contributed by atoms with Crippen LogP contribution in [0.15, 0.2) is 22.5 Å². The fourth-order valence-corrected chi connectivity index (χ4v) is 4.52. The van der Waals surface area contributed by atoms with Crippen molar-refractivity contribution in [1.29, 1.82) is 0 Å². The van der Waals surface area contributed by atoms with E-state index in [1.807, 2.05) is 11.3 Å². The number of halogens is 1. The van der Waals surface area contributed by atoms with E-state index in [-0.39, 0.29) is 30.1 Å². The topological polar surface area (TPSA) is 48.9 Å². The lowest BCUT2D eigenvalue weighted by Gasteiger charge is -2.35. The van der Waals surface area contributed by atoms with Crippen molar-refractivity contribution in [2.75, 3.05) is 39.3 Å². The molecule has 2 saturated heterocycles. The summed E-state index contributed by atoms with van der Waals surface area (Å²) in [4.78, 5) is 8.80. The van der Waals surface area contributed by atoms with E-state index in [1.165, 1.54) is 24.3 Å². The van der Waals surface area contributed by atoms with Gasteiger partial charge in [-0.15, -0.1) is 35.3 Å². The highest BCUT2D eigenvalue weighted by Gasteiger charge is 2.32. The molecule has 0 aliphatic carbocycles. The Balaban J connectivity index is 0.00000243. The van der Waals surface area contributed by atoms with Crippen LogP contribution in [0, 0.1) is 5.92 Å². The summed E-state index contributed by atoms with van der Waals surface area (Å²) in [6.45, 7) is 10.1. The SMILES string of the molecule is CCNC(=NCC(C)Cc1cccs1)NCC1CN2CCCC2CO1.I. The summed E-state index contributed by atoms with van der Waals surface area (Å²) in [6, 6.07) is 4.99. The number of guanidine groups is 1. The van der Waals surface area contributed by atoms with E-state index < -0.39 is 0 Å². The molecule has 5 nitrogen and oxygen atoms in total. The molecule has 0 saturated carbocycles. The van der Waals surface area contributed by atoms with Gasteiger partial charge in [-0.2, -0.15) is 0 Å². The van der Waals surface area contributed by atoms with Crippen LogP contribution in [0.1, 0.15) is 31.6 Å². The van der Waals surface area contributed by atoms with Gasteiger partial charge in [0.15, 0.2) is 5.96 Å². The number of ether oxygens (including phenoxy) is 1. The average Bonchev–Trinajstić information content (AvgIpc) is 3.28. The van der Waals surface area contributed by atoms with Crippen molar-refractivity contribution in [3.8, 4) is 0 Å². The molecule has 0 spiro atoms. The Hall–Kier alpha value is -0.380. The molecule has 3 rings (SSSR count). The van der Waals surface area contributed by atoms with E-state index in [2.05, 4.69) is 46.9 Å². The van der Waals surface area contributed by atoms with Gasteiger partial charge in [0, 0.05) is 37.1 Å². The van der Waals surface area contributed by atoms with Crippen LogP contribution in [0.4, 0.5) is 0 Å². The predicted octanol–water partition coefficient (Wildman–Crippen LogP) is 2.96. The first-order valence-corrected chi connectivity index (χ1v) is 10.5. The van der Waals surface area contributed by atoms with Gasteiger partial charge in [-0.1, -0.05) is 13.0 Å². The molecule has 2 N–H and O–H groups in total. The lowest BCUT2D eigenvalue weighted by Crippen LogP contribution is -2.51. The van der Waals surface area contributed by atoms with Crippen LogP contribution < -0.4 is 10.6 Å². The molecule has 26 heavy (non-hydrogen) atoms. The van der Waals surface area contributed by atoms with E-state index in [9.17, 15) is 0 Å². The summed E-state index contributed by atoms with van der Waals surface area (Å²) >= 11 is 1.83. The van der Waals surface area contributed by atoms with Crippen LogP contribution >= 0.6 is 35.3 Å². The molecule has 2 aliphatic heterocycles. The summed E-state index contributed by atoms with van der Waals surface area (Å²) in [5, 5.41) is 8.97. The zero-order chi connectivity index (χ0) is 17.5. The molecular formula is C19H33IN4OS. The Morgan fingerprint density at radius 3 is 3.12 bits per heavy atom. The average molecular weight is 492 g/mol. The van der Waals surface area contributed by atoms with E-state index in [1.54, 1.807) is 0 Å². The number of nitrogens with zero attached hydrogens (tertiary/aromatic N) is 2. The van der Waals surface area contributed by atoms with E-state index >= 15 is 0 Å². The standard InChI is InChI=1S/C19H32N4OS.HI/c1-3-20-19(21-11-15(2)10-18-7-5-9-25-18)22-12-17-13-23-8-4-6-16(23)14-24-17;/h5,7,9,15-17H,3-4,6,8,10-14H2,1-2H3,(H2,20,21,22);1H. The van der Waals surface area contributed by atoms with Gasteiger partial charge in [-0.25, -0.2) is 0 Å². The monoisotopic (exact) mass is 492 g/mol. The fourth-order valence-electron chi connectivity index (χ4n) is 3.65. The highest BCUT2D eigenvalue weighted by molar-refractivity contribution is 14.0. The van der Waals surface area contributed by atoms with Crippen LogP contribution in [0.2, 0.25) is 0 Å². The predicted molar refractivity (Wildman–Crippen MR) is 121 cm³/mol. The molecule has 2 aliphatic rings. The Morgan fingerprint density at radius 1 is 1.46 bits per heavy atom. The zero-order valence-corrected chi connectivity index (χ0v) is 19.1. The number of nitrogens with one attached hydrogen (secondary N) is 2. The highest BCUT2D eigenvalue weighted by Crippen LogP contribution is 2.22. The molecule has 1 aromatic heterocycles. The first-order valence-electron chi connectivity index (χ1n) is 9.64. The van der Waals surface area contributed by atoms with Gasteiger partial charge >= 0.3 is 0 Å². The first-order chi connectivity index (χ1) is 12.2. The van der Waals surface area contributed by atoms with E-state index in [0.717, 1.165) is 45.2 Å². The van der Waals surface area contributed by atoms with Crippen molar-refractivity contribution in [3.05, 3.63) is 22.4 Å². The zero-order valence-electron chi connectivity index (χ0n) is 15.9. The lowest BCUT2D eigenvalue weighted by atomic mass is 10.1. The summed E-state index contributed by atoms with van der Waals surface area (Å²) in [7, 11) is 0. The van der Waals surface area contributed by atoms with E-state index in [0.29, 0.717) is 12.0 Å². The smallest absolute Gasteiger partial charge is 0.191 e. The second-order valence-electron chi connectivity index (χ2n) is 7.24. The maximum atomic E-state index is 6.03. The van der Waals surface area contributed by atoms with Gasteiger partial charge < -0.3 is 15.4 Å². The van der Waals surface area contributed by atoms with Crippen molar-refractivity contribution in [3.63, 3.8) is 0 Å². The van der Waals surface area contributed by atoms with Gasteiger partial charge in [0.25, 0.3) is 0 Å². The normalized spacial score (nSPS) is 24.6. The summed E-state index contributed by atoms with van der Waals surface area (Å²) in [5.74, 6) is 1.46. The number of fused-ring (bicyclic) bond motifs is 1. The molecule has 7 heteroatoms. The first kappa shape index (κ1) is 21.9. The number of morpholine rings is 1. The molecule has 0 aromatic carbocycles. The molecule has 2 fully saturated rings. The van der Waals surface area contributed by atoms with Gasteiger partial charge in [0.2, 0.25) is 0 Å². The van der Waals surface area contributed by atoms with Crippen LogP contribution in [-0.2, 0) is 11.2 Å². The van der Waals surface area contributed by atoms with E-state index in [4.69, 9.17) is 9.73 Å². The second kappa shape index (κ2) is 11.5. The van der Waals surface area contributed by atoms with Crippen LogP contribution in [-0.4, -0.2) is 62.3 Å². The minimum atomic E-state index is 0. The van der Waals surface area contributed by atoms with Gasteiger partial charge in [0.05, 0.1) is 12.7 Å². The fraction of sp³-hybridized carbons (Fsp3) is 0.737. The maximum Gasteiger partial charge on any atom is 0.191 e. The quantitative estimate of drug-likeness (QED) is 0.349. The lowest BCUT2D eigenvalue weighted by molar-refractivity contribution is -0.0453. The maximum absolute atomic E-state index is 6.03. The van der Waals surface area contributed by atoms with Crippen molar-refractivity contribution in [2.45, 2.75) is 45.3 Å². The summed E-state index contributed by atoms with van der Waals surface area (Å²) in [5.41, 5.74) is 0. The van der Waals surface area contributed by atoms with Crippen molar-refractivity contribution >= 4 is 41.3 Å². The number of hydrogen-bond acceptors (Lipinski definition) is 4. The van der Waals surface area contributed by atoms with Crippen LogP contribution in [0.25, 0.3) is 0 Å². The third-order valence-corrected chi connectivity index (χ3v) is 5.89. The Labute approximate surface area is 179 Å². The van der Waals surface area contributed by atoms with Crippen LogP contribution in [0.3, 0.4) is 0 Å². The molecule has 148 valence electrons. The Bertz CT molecular complexity index is 540. The van der Waals surface area contributed by atoms with Crippen molar-refractivity contribution in [1.82, 2.24) is 15.5 Å². The largest absolute Gasteiger partial charge is 0.373 e. The Morgan fingerprint density at radius 2 is 2.35 bits per heavy atom. The minimum Gasteiger partial charge on any atom is -0.373 e. The molecule has 0 bridgehead atoms.